The molecule has 1 fully saturated rings. The molecule has 0 radical (unpaired) electrons. The molecular weight excluding hydrogens is 431 g/mol. The van der Waals surface area contributed by atoms with Crippen molar-refractivity contribution in [2.45, 2.75) is 45.7 Å². The Hall–Kier alpha value is -2.98. The Morgan fingerprint density at radius 2 is 1.59 bits per heavy atom. The Morgan fingerprint density at radius 1 is 1.03 bits per heavy atom. The zero-order chi connectivity index (χ0) is 23.3. The molecule has 0 spiro atoms. The van der Waals surface area contributed by atoms with Crippen LogP contribution in [-0.4, -0.2) is 53.9 Å². The van der Waals surface area contributed by atoms with Gasteiger partial charge in [-0.15, -0.1) is 10.2 Å². The van der Waals surface area contributed by atoms with Crippen LogP contribution in [0.25, 0.3) is 0 Å². The molecule has 1 aromatic heterocycles. The molecule has 0 aliphatic carbocycles. The van der Waals surface area contributed by atoms with Gasteiger partial charge in [0.15, 0.2) is 11.5 Å². The highest BCUT2D eigenvalue weighted by atomic mass is 19.4. The highest BCUT2D eigenvalue weighted by Gasteiger charge is 2.39. The van der Waals surface area contributed by atoms with Crippen LogP contribution in [-0.2, 0) is 6.18 Å². The van der Waals surface area contributed by atoms with Gasteiger partial charge >= 0.3 is 12.1 Å². The summed E-state index contributed by atoms with van der Waals surface area (Å²) in [5, 5.41) is 6.62. The van der Waals surface area contributed by atoms with E-state index in [0.717, 1.165) is 0 Å². The minimum absolute atomic E-state index is 0.0530. The fourth-order valence-electron chi connectivity index (χ4n) is 3.54. The van der Waals surface area contributed by atoms with E-state index in [2.05, 4.69) is 10.2 Å². The number of likely N-dealkylation sites (tertiary alicyclic amines) is 1. The Kier molecular flexibility index (Phi) is 7.47. The average molecular weight is 457 g/mol. The molecule has 3 rings (SSSR count). The number of carbonyl (C=O) groups excluding carboxylic acids is 1. The van der Waals surface area contributed by atoms with Crippen LogP contribution in [0.15, 0.2) is 16.5 Å². The maximum absolute atomic E-state index is 13.1. The summed E-state index contributed by atoms with van der Waals surface area (Å²) in [5.74, 6) is -0.678. The van der Waals surface area contributed by atoms with Gasteiger partial charge in [0.1, 0.15) is 0 Å². The maximum Gasteiger partial charge on any atom is 0.470 e. The van der Waals surface area contributed by atoms with Crippen molar-refractivity contribution in [2.24, 2.45) is 0 Å². The van der Waals surface area contributed by atoms with Crippen LogP contribution in [0.4, 0.5) is 13.2 Å². The van der Waals surface area contributed by atoms with Gasteiger partial charge in [-0.25, -0.2) is 0 Å². The molecule has 1 aromatic carbocycles. The molecule has 2 aromatic rings. The van der Waals surface area contributed by atoms with Crippen molar-refractivity contribution >= 4 is 5.91 Å². The lowest BCUT2D eigenvalue weighted by atomic mass is 9.96. The molecule has 1 aliphatic heterocycles. The highest BCUT2D eigenvalue weighted by Crippen LogP contribution is 2.40. The van der Waals surface area contributed by atoms with Gasteiger partial charge in [-0.1, -0.05) is 0 Å². The van der Waals surface area contributed by atoms with E-state index >= 15 is 0 Å². The fraction of sp³-hybridized carbons (Fsp3) is 0.571. The molecule has 0 N–H and O–H groups in total. The normalized spacial score (nSPS) is 15.0. The minimum atomic E-state index is -4.67. The van der Waals surface area contributed by atoms with Gasteiger partial charge in [0.05, 0.1) is 19.8 Å². The summed E-state index contributed by atoms with van der Waals surface area (Å²) in [5.41, 5.74) is 0.385. The van der Waals surface area contributed by atoms with Crippen LogP contribution in [0.2, 0.25) is 0 Å². The maximum atomic E-state index is 13.1. The number of alkyl halides is 3. The van der Waals surface area contributed by atoms with Crippen molar-refractivity contribution in [2.75, 3.05) is 32.9 Å². The van der Waals surface area contributed by atoms with Crippen molar-refractivity contribution in [1.82, 2.24) is 15.1 Å². The summed E-state index contributed by atoms with van der Waals surface area (Å²) in [6.07, 6.45) is -3.84. The molecule has 1 saturated heterocycles. The van der Waals surface area contributed by atoms with Gasteiger partial charge in [0, 0.05) is 24.6 Å². The van der Waals surface area contributed by atoms with Gasteiger partial charge < -0.3 is 23.5 Å². The molecule has 8 nitrogen and oxygen atoms in total. The Morgan fingerprint density at radius 3 is 2.06 bits per heavy atom. The van der Waals surface area contributed by atoms with E-state index in [0.29, 0.717) is 68.6 Å². The zero-order valence-corrected chi connectivity index (χ0v) is 18.2. The standard InChI is InChI=1S/C21H26F3N3O5/c1-4-29-15-11-14(12-16(30-5-2)17(15)31-6-3)19(28)27-9-7-13(8-10-27)18-25-26-20(32-18)21(22,23)24/h11-13H,4-10H2,1-3H3. The summed E-state index contributed by atoms with van der Waals surface area (Å²) in [4.78, 5) is 14.8. The van der Waals surface area contributed by atoms with Gasteiger partial charge in [0.2, 0.25) is 11.6 Å². The molecule has 0 saturated carbocycles. The van der Waals surface area contributed by atoms with Crippen LogP contribution in [0.1, 0.15) is 61.7 Å². The average Bonchev–Trinajstić information content (AvgIpc) is 3.27. The number of amides is 1. The molecule has 11 heteroatoms. The lowest BCUT2D eigenvalue weighted by Crippen LogP contribution is -2.38. The molecule has 2 heterocycles. The van der Waals surface area contributed by atoms with Crippen molar-refractivity contribution < 1.29 is 36.6 Å². The summed E-state index contributed by atoms with van der Waals surface area (Å²) in [6, 6.07) is 3.25. The second kappa shape index (κ2) is 10.1. The van der Waals surface area contributed by atoms with E-state index in [9.17, 15) is 18.0 Å². The van der Waals surface area contributed by atoms with Crippen molar-refractivity contribution in [3.05, 3.63) is 29.5 Å². The monoisotopic (exact) mass is 457 g/mol. The van der Waals surface area contributed by atoms with Crippen molar-refractivity contribution in [1.29, 1.82) is 0 Å². The van der Waals surface area contributed by atoms with E-state index in [1.165, 1.54) is 0 Å². The molecule has 0 atom stereocenters. The first-order chi connectivity index (χ1) is 15.3. The third kappa shape index (κ3) is 5.25. The van der Waals surface area contributed by atoms with Gasteiger partial charge in [-0.3, -0.25) is 4.79 Å². The Bertz CT molecular complexity index is 897. The number of ether oxygens (including phenoxy) is 3. The van der Waals surface area contributed by atoms with Gasteiger partial charge in [-0.2, -0.15) is 13.2 Å². The first kappa shape index (κ1) is 23.7. The number of hydrogen-bond donors (Lipinski definition) is 0. The number of rotatable bonds is 8. The third-order valence-corrected chi connectivity index (χ3v) is 4.97. The van der Waals surface area contributed by atoms with Crippen LogP contribution in [0.5, 0.6) is 17.2 Å². The summed E-state index contributed by atoms with van der Waals surface area (Å²) in [7, 11) is 0. The van der Waals surface area contributed by atoms with Crippen LogP contribution < -0.4 is 14.2 Å². The van der Waals surface area contributed by atoms with E-state index < -0.39 is 12.1 Å². The van der Waals surface area contributed by atoms with Crippen LogP contribution in [0.3, 0.4) is 0 Å². The Balaban J connectivity index is 1.74. The summed E-state index contributed by atoms with van der Waals surface area (Å²) >= 11 is 0. The predicted octanol–water partition coefficient (Wildman–Crippen LogP) is 4.30. The van der Waals surface area contributed by atoms with Crippen molar-refractivity contribution in [3.63, 3.8) is 0 Å². The molecule has 0 unspecified atom stereocenters. The number of hydrogen-bond acceptors (Lipinski definition) is 7. The highest BCUT2D eigenvalue weighted by molar-refractivity contribution is 5.95. The second-order valence-corrected chi connectivity index (χ2v) is 7.11. The fourth-order valence-corrected chi connectivity index (χ4v) is 3.54. The molecule has 32 heavy (non-hydrogen) atoms. The minimum Gasteiger partial charge on any atom is -0.490 e. The number of halogens is 3. The SMILES string of the molecule is CCOc1cc(C(=O)N2CCC(c3nnc(C(F)(F)F)o3)CC2)cc(OCC)c1OCC. The predicted molar refractivity (Wildman–Crippen MR) is 107 cm³/mol. The molecule has 1 aliphatic rings. The lowest BCUT2D eigenvalue weighted by Gasteiger charge is -2.30. The van der Waals surface area contributed by atoms with Crippen molar-refractivity contribution in [3.8, 4) is 17.2 Å². The zero-order valence-electron chi connectivity index (χ0n) is 18.2. The second-order valence-electron chi connectivity index (χ2n) is 7.11. The molecule has 176 valence electrons. The van der Waals surface area contributed by atoms with E-state index in [4.69, 9.17) is 18.6 Å². The van der Waals surface area contributed by atoms with E-state index in [1.54, 1.807) is 17.0 Å². The molecule has 1 amide bonds. The number of carbonyl (C=O) groups is 1. The topological polar surface area (TPSA) is 86.9 Å². The number of piperidine rings is 1. The lowest BCUT2D eigenvalue weighted by molar-refractivity contribution is -0.157. The molecular formula is C21H26F3N3O5. The summed E-state index contributed by atoms with van der Waals surface area (Å²) < 4.78 is 59.9. The number of benzene rings is 1. The smallest absolute Gasteiger partial charge is 0.470 e. The third-order valence-electron chi connectivity index (χ3n) is 4.97. The van der Waals surface area contributed by atoms with E-state index in [1.807, 2.05) is 20.8 Å². The molecule has 0 bridgehead atoms. The van der Waals surface area contributed by atoms with E-state index in [-0.39, 0.29) is 17.7 Å². The Labute approximate surface area is 183 Å². The first-order valence-corrected chi connectivity index (χ1v) is 10.5. The first-order valence-electron chi connectivity index (χ1n) is 10.5. The summed E-state index contributed by atoms with van der Waals surface area (Å²) in [6.45, 7) is 7.37. The largest absolute Gasteiger partial charge is 0.490 e. The number of aromatic nitrogens is 2. The quantitative estimate of drug-likeness (QED) is 0.584. The van der Waals surface area contributed by atoms with Crippen LogP contribution >= 0.6 is 0 Å². The number of nitrogens with zero attached hydrogens (tertiary/aromatic N) is 3. The van der Waals surface area contributed by atoms with Gasteiger partial charge in [-0.05, 0) is 45.7 Å². The van der Waals surface area contributed by atoms with Gasteiger partial charge in [0.25, 0.3) is 5.91 Å². The van der Waals surface area contributed by atoms with Crippen LogP contribution in [0, 0.1) is 0 Å².